The van der Waals surface area contributed by atoms with Crippen molar-refractivity contribution < 1.29 is 0 Å². The van der Waals surface area contributed by atoms with Gasteiger partial charge in [-0.25, -0.2) is 4.98 Å². The Hall–Kier alpha value is -5.90. The van der Waals surface area contributed by atoms with Crippen molar-refractivity contribution in [2.24, 2.45) is 0 Å². The second-order valence-electron chi connectivity index (χ2n) is 12.4. The van der Waals surface area contributed by atoms with Crippen molar-refractivity contribution in [2.75, 3.05) is 0 Å². The summed E-state index contributed by atoms with van der Waals surface area (Å²) in [5, 5.41) is 4.99. The number of fused-ring (bicyclic) bond motifs is 4. The molecule has 0 saturated carbocycles. The summed E-state index contributed by atoms with van der Waals surface area (Å²) in [6, 6.07) is 61.6. The fraction of sp³-hybridized carbons (Fsp3) is 0. The Kier molecular flexibility index (Phi) is 6.15. The molecule has 1 aliphatic heterocycles. The van der Waals surface area contributed by atoms with Crippen molar-refractivity contribution in [3.63, 3.8) is 0 Å². The van der Waals surface area contributed by atoms with Crippen LogP contribution in [0.15, 0.2) is 180 Å². The van der Waals surface area contributed by atoms with E-state index in [4.69, 9.17) is 4.98 Å². The van der Waals surface area contributed by atoms with Crippen LogP contribution in [0.5, 0.6) is 0 Å². The van der Waals surface area contributed by atoms with E-state index in [1.807, 2.05) is 11.8 Å². The largest absolute Gasteiger partial charge is 0.290 e. The average Bonchev–Trinajstić information content (AvgIpc) is 3.56. The minimum absolute atomic E-state index is 0.971. The molecule has 0 bridgehead atoms. The Morgan fingerprint density at radius 1 is 0.417 bits per heavy atom. The van der Waals surface area contributed by atoms with Gasteiger partial charge in [-0.1, -0.05) is 133 Å². The Morgan fingerprint density at radius 2 is 1.02 bits per heavy atom. The fourth-order valence-corrected chi connectivity index (χ4v) is 8.41. The molecule has 0 aliphatic carbocycles. The molecule has 0 fully saturated rings. The summed E-state index contributed by atoms with van der Waals surface area (Å²) in [5.74, 6) is 0.971. The molecule has 0 saturated heterocycles. The van der Waals surface area contributed by atoms with Gasteiger partial charge in [0.2, 0.25) is 0 Å². The molecule has 0 atom stereocenters. The van der Waals surface area contributed by atoms with Crippen molar-refractivity contribution in [3.05, 3.63) is 170 Å². The molecule has 224 valence electrons. The lowest BCUT2D eigenvalue weighted by molar-refractivity contribution is 1.04. The summed E-state index contributed by atoms with van der Waals surface area (Å²) in [7, 11) is 0. The van der Waals surface area contributed by atoms with Crippen LogP contribution in [0.1, 0.15) is 0 Å². The van der Waals surface area contributed by atoms with E-state index in [1.54, 1.807) is 0 Å². The van der Waals surface area contributed by atoms with Gasteiger partial charge in [-0.2, -0.15) is 0 Å². The molecule has 1 aliphatic rings. The summed E-state index contributed by atoms with van der Waals surface area (Å²) in [6.45, 7) is 0. The first kappa shape index (κ1) is 27.2. The maximum absolute atomic E-state index is 5.16. The number of rotatable bonds is 4. The molecule has 10 rings (SSSR count). The van der Waals surface area contributed by atoms with Crippen molar-refractivity contribution >= 4 is 44.3 Å². The highest BCUT2D eigenvalue weighted by atomic mass is 32.2. The minimum atomic E-state index is 0.971. The van der Waals surface area contributed by atoms with E-state index in [2.05, 4.69) is 174 Å². The number of benzene rings is 8. The highest BCUT2D eigenvalue weighted by Crippen LogP contribution is 2.49. The molecule has 2 heterocycles. The number of para-hydroxylation sites is 1. The molecule has 48 heavy (non-hydrogen) atoms. The lowest BCUT2D eigenvalue weighted by Crippen LogP contribution is -2.05. The van der Waals surface area contributed by atoms with Crippen LogP contribution in [0.25, 0.3) is 83.0 Å². The summed E-state index contributed by atoms with van der Waals surface area (Å²) in [5.41, 5.74) is 11.7. The second-order valence-corrected chi connectivity index (χ2v) is 13.5. The van der Waals surface area contributed by atoms with E-state index < -0.39 is 0 Å². The predicted molar refractivity (Wildman–Crippen MR) is 202 cm³/mol. The second kappa shape index (κ2) is 10.8. The Bertz CT molecular complexity index is 2610. The van der Waals surface area contributed by atoms with Crippen LogP contribution in [0.4, 0.5) is 0 Å². The van der Waals surface area contributed by atoms with Crippen LogP contribution in [0, 0.1) is 0 Å². The van der Waals surface area contributed by atoms with Gasteiger partial charge in [-0.05, 0) is 103 Å². The topological polar surface area (TPSA) is 17.8 Å². The molecule has 0 unspecified atom stereocenters. The quantitative estimate of drug-likeness (QED) is 0.193. The molecular formula is C45H28N2S. The lowest BCUT2D eigenvalue weighted by Gasteiger charge is -2.23. The SMILES string of the molecule is c1ccc(-c2nc3cccc4c3n2-c2cccc(-c3cc(-c5ccc6ccccc6c5)cc(-c5ccc6ccccc6c5)c3)c2S4)cc1. The van der Waals surface area contributed by atoms with Crippen LogP contribution < -0.4 is 0 Å². The van der Waals surface area contributed by atoms with E-state index in [9.17, 15) is 0 Å². The summed E-state index contributed by atoms with van der Waals surface area (Å²) in [4.78, 5) is 7.63. The fourth-order valence-electron chi connectivity index (χ4n) is 7.19. The van der Waals surface area contributed by atoms with Crippen molar-refractivity contribution in [2.45, 2.75) is 9.79 Å². The third-order valence-electron chi connectivity index (χ3n) is 9.53. The van der Waals surface area contributed by atoms with Gasteiger partial charge in [0.05, 0.1) is 16.7 Å². The van der Waals surface area contributed by atoms with Gasteiger partial charge in [0.25, 0.3) is 0 Å². The predicted octanol–water partition coefficient (Wildman–Crippen LogP) is 12.5. The minimum Gasteiger partial charge on any atom is -0.290 e. The standard InChI is InChI=1S/C45H28N2S/c1-2-12-31(13-3-1)45-46-40-17-9-19-42-43(40)47(45)41-18-8-16-39(44(41)48-42)38-27-36(34-22-20-29-10-4-6-14-32(29)24-34)26-37(28-38)35-23-21-30-11-5-7-15-33(30)25-35/h1-28H. The van der Waals surface area contributed by atoms with E-state index in [0.717, 1.165) is 16.9 Å². The van der Waals surface area contributed by atoms with Gasteiger partial charge < -0.3 is 0 Å². The first-order chi connectivity index (χ1) is 23.8. The van der Waals surface area contributed by atoms with E-state index >= 15 is 0 Å². The molecule has 9 aromatic rings. The number of imidazole rings is 1. The molecule has 1 aromatic heterocycles. The molecule has 3 heteroatoms. The summed E-state index contributed by atoms with van der Waals surface area (Å²) >= 11 is 1.85. The monoisotopic (exact) mass is 628 g/mol. The third-order valence-corrected chi connectivity index (χ3v) is 10.7. The Morgan fingerprint density at radius 3 is 1.71 bits per heavy atom. The molecule has 0 N–H and O–H groups in total. The molecule has 0 spiro atoms. The number of hydrogen-bond acceptors (Lipinski definition) is 2. The van der Waals surface area contributed by atoms with Gasteiger partial charge in [-0.3, -0.25) is 4.57 Å². The zero-order chi connectivity index (χ0) is 31.6. The van der Waals surface area contributed by atoms with Crippen molar-refractivity contribution in [1.29, 1.82) is 0 Å². The Balaban J connectivity index is 1.21. The first-order valence-corrected chi connectivity index (χ1v) is 17.1. The summed E-state index contributed by atoms with van der Waals surface area (Å²) < 4.78 is 2.37. The van der Waals surface area contributed by atoms with Crippen LogP contribution in [0.2, 0.25) is 0 Å². The molecular weight excluding hydrogens is 601 g/mol. The number of aromatic nitrogens is 2. The smallest absolute Gasteiger partial charge is 0.145 e. The highest BCUT2D eigenvalue weighted by Gasteiger charge is 2.26. The maximum Gasteiger partial charge on any atom is 0.145 e. The number of hydrogen-bond donors (Lipinski definition) is 0. The summed E-state index contributed by atoms with van der Waals surface area (Å²) in [6.07, 6.45) is 0. The van der Waals surface area contributed by atoms with E-state index in [-0.39, 0.29) is 0 Å². The molecule has 0 amide bonds. The normalized spacial score (nSPS) is 12.1. The van der Waals surface area contributed by atoms with Crippen LogP contribution in [-0.4, -0.2) is 9.55 Å². The lowest BCUT2D eigenvalue weighted by atomic mass is 9.91. The van der Waals surface area contributed by atoms with E-state index in [0.29, 0.717) is 0 Å². The Labute approximate surface area is 283 Å². The molecule has 0 radical (unpaired) electrons. The van der Waals surface area contributed by atoms with Crippen molar-refractivity contribution in [1.82, 2.24) is 9.55 Å². The van der Waals surface area contributed by atoms with Crippen LogP contribution in [0.3, 0.4) is 0 Å². The zero-order valence-corrected chi connectivity index (χ0v) is 26.8. The van der Waals surface area contributed by atoms with Crippen molar-refractivity contribution in [3.8, 4) is 50.5 Å². The molecule has 2 nitrogen and oxygen atoms in total. The first-order valence-electron chi connectivity index (χ1n) is 16.3. The van der Waals surface area contributed by atoms with Gasteiger partial charge >= 0.3 is 0 Å². The zero-order valence-electron chi connectivity index (χ0n) is 26.0. The van der Waals surface area contributed by atoms with Gasteiger partial charge in [0.15, 0.2) is 0 Å². The highest BCUT2D eigenvalue weighted by molar-refractivity contribution is 8.00. The average molecular weight is 629 g/mol. The maximum atomic E-state index is 5.16. The molecule has 8 aromatic carbocycles. The van der Waals surface area contributed by atoms with Crippen LogP contribution in [-0.2, 0) is 0 Å². The van der Waals surface area contributed by atoms with Gasteiger partial charge in [0.1, 0.15) is 5.82 Å². The van der Waals surface area contributed by atoms with E-state index in [1.165, 1.54) is 75.9 Å². The van der Waals surface area contributed by atoms with Crippen LogP contribution >= 0.6 is 11.8 Å². The number of nitrogens with zero attached hydrogens (tertiary/aromatic N) is 2. The van der Waals surface area contributed by atoms with Gasteiger partial charge in [0, 0.05) is 15.4 Å². The van der Waals surface area contributed by atoms with Gasteiger partial charge in [-0.15, -0.1) is 0 Å². The third kappa shape index (κ3) is 4.40.